The third kappa shape index (κ3) is 2.85. The van der Waals surface area contributed by atoms with Crippen LogP contribution in [0, 0.1) is 0 Å². The van der Waals surface area contributed by atoms with Crippen LogP contribution in [0.25, 0.3) is 0 Å². The molecule has 1 aromatic heterocycles. The Labute approximate surface area is 122 Å². The largest absolute Gasteiger partial charge is 0.380 e. The molecule has 2 atom stereocenters. The zero-order valence-corrected chi connectivity index (χ0v) is 11.9. The van der Waals surface area contributed by atoms with E-state index in [2.05, 4.69) is 15.5 Å². The first-order chi connectivity index (χ1) is 9.76. The van der Waals surface area contributed by atoms with Crippen LogP contribution in [0.15, 0.2) is 28.8 Å². The average molecular weight is 294 g/mol. The molecule has 1 saturated heterocycles. The molecule has 1 aliphatic heterocycles. The lowest BCUT2D eigenvalue weighted by Gasteiger charge is -2.04. The third-order valence-electron chi connectivity index (χ3n) is 3.51. The summed E-state index contributed by atoms with van der Waals surface area (Å²) in [6.45, 7) is 0.809. The van der Waals surface area contributed by atoms with Crippen LogP contribution >= 0.6 is 11.6 Å². The standard InChI is InChI=1S/C14H16ClN3O2/c1-19-10-7-12(16-8-10)14-17-13(18-20-14)6-9-4-2-3-5-11(9)15/h2-5,10,12,16H,6-8H2,1H3. The molecule has 3 rings (SSSR count). The molecule has 0 radical (unpaired) electrons. The van der Waals surface area contributed by atoms with E-state index in [0.717, 1.165) is 23.6 Å². The van der Waals surface area contributed by atoms with Gasteiger partial charge in [0.2, 0.25) is 5.89 Å². The van der Waals surface area contributed by atoms with E-state index in [-0.39, 0.29) is 12.1 Å². The van der Waals surface area contributed by atoms with E-state index in [0.29, 0.717) is 18.1 Å². The first-order valence-electron chi connectivity index (χ1n) is 6.58. The van der Waals surface area contributed by atoms with Crippen LogP contribution in [0.5, 0.6) is 0 Å². The second-order valence-electron chi connectivity index (χ2n) is 4.87. The number of halogens is 1. The molecule has 0 amide bonds. The lowest BCUT2D eigenvalue weighted by atomic mass is 10.1. The van der Waals surface area contributed by atoms with Gasteiger partial charge in [0, 0.05) is 25.1 Å². The Morgan fingerprint density at radius 3 is 3.05 bits per heavy atom. The monoisotopic (exact) mass is 293 g/mol. The number of hydrogen-bond donors (Lipinski definition) is 1. The highest BCUT2D eigenvalue weighted by Crippen LogP contribution is 2.24. The van der Waals surface area contributed by atoms with Crippen LogP contribution < -0.4 is 5.32 Å². The second kappa shape index (κ2) is 5.91. The number of methoxy groups -OCH3 is 1. The minimum absolute atomic E-state index is 0.0763. The maximum Gasteiger partial charge on any atom is 0.243 e. The minimum atomic E-state index is 0.0763. The van der Waals surface area contributed by atoms with Crippen molar-refractivity contribution in [1.82, 2.24) is 15.5 Å². The van der Waals surface area contributed by atoms with Gasteiger partial charge in [-0.2, -0.15) is 4.98 Å². The molecule has 6 heteroatoms. The summed E-state index contributed by atoms with van der Waals surface area (Å²) in [4.78, 5) is 4.44. The first-order valence-corrected chi connectivity index (χ1v) is 6.96. The Balaban J connectivity index is 1.70. The number of hydrogen-bond acceptors (Lipinski definition) is 5. The third-order valence-corrected chi connectivity index (χ3v) is 3.88. The number of rotatable bonds is 4. The van der Waals surface area contributed by atoms with Gasteiger partial charge in [0.1, 0.15) is 0 Å². The summed E-state index contributed by atoms with van der Waals surface area (Å²) in [6.07, 6.45) is 1.63. The summed E-state index contributed by atoms with van der Waals surface area (Å²) in [5, 5.41) is 8.06. The molecule has 106 valence electrons. The molecule has 20 heavy (non-hydrogen) atoms. The summed E-state index contributed by atoms with van der Waals surface area (Å²) in [5.74, 6) is 1.27. The quantitative estimate of drug-likeness (QED) is 0.938. The Hall–Kier alpha value is -1.43. The molecule has 5 nitrogen and oxygen atoms in total. The zero-order chi connectivity index (χ0) is 13.9. The van der Waals surface area contributed by atoms with Gasteiger partial charge < -0.3 is 14.6 Å². The van der Waals surface area contributed by atoms with Crippen LogP contribution in [0.1, 0.15) is 29.7 Å². The van der Waals surface area contributed by atoms with E-state index >= 15 is 0 Å². The van der Waals surface area contributed by atoms with Crippen molar-refractivity contribution in [3.63, 3.8) is 0 Å². The van der Waals surface area contributed by atoms with E-state index in [1.807, 2.05) is 24.3 Å². The van der Waals surface area contributed by atoms with Crippen molar-refractivity contribution in [3.8, 4) is 0 Å². The van der Waals surface area contributed by atoms with E-state index in [4.69, 9.17) is 20.9 Å². The normalized spacial score (nSPS) is 22.3. The van der Waals surface area contributed by atoms with Crippen LogP contribution in [0.3, 0.4) is 0 Å². The summed E-state index contributed by atoms with van der Waals surface area (Å²) >= 11 is 6.13. The number of aromatic nitrogens is 2. The van der Waals surface area contributed by atoms with E-state index < -0.39 is 0 Å². The van der Waals surface area contributed by atoms with Crippen LogP contribution in [0.2, 0.25) is 5.02 Å². The molecule has 2 heterocycles. The number of nitrogens with one attached hydrogen (secondary N) is 1. The summed E-state index contributed by atoms with van der Waals surface area (Å²) < 4.78 is 10.6. The zero-order valence-electron chi connectivity index (χ0n) is 11.2. The van der Waals surface area contributed by atoms with E-state index in [9.17, 15) is 0 Å². The molecular weight excluding hydrogens is 278 g/mol. The van der Waals surface area contributed by atoms with Gasteiger partial charge in [0.25, 0.3) is 0 Å². The smallest absolute Gasteiger partial charge is 0.243 e. The van der Waals surface area contributed by atoms with Crippen molar-refractivity contribution in [3.05, 3.63) is 46.6 Å². The molecule has 1 aliphatic rings. The van der Waals surface area contributed by atoms with Crippen molar-refractivity contribution in [2.75, 3.05) is 13.7 Å². The second-order valence-corrected chi connectivity index (χ2v) is 5.28. The van der Waals surface area contributed by atoms with Gasteiger partial charge in [-0.25, -0.2) is 0 Å². The topological polar surface area (TPSA) is 60.2 Å². The Kier molecular flexibility index (Phi) is 4.00. The molecule has 1 aromatic carbocycles. The molecule has 2 aromatic rings. The molecule has 2 unspecified atom stereocenters. The first kappa shape index (κ1) is 13.5. The highest BCUT2D eigenvalue weighted by Gasteiger charge is 2.29. The van der Waals surface area contributed by atoms with Gasteiger partial charge >= 0.3 is 0 Å². The van der Waals surface area contributed by atoms with Gasteiger partial charge in [0.05, 0.1) is 12.1 Å². The van der Waals surface area contributed by atoms with Crippen molar-refractivity contribution >= 4 is 11.6 Å². The number of ether oxygens (including phenoxy) is 1. The van der Waals surface area contributed by atoms with Gasteiger partial charge in [-0.05, 0) is 18.1 Å². The van der Waals surface area contributed by atoms with Crippen LogP contribution in [-0.4, -0.2) is 29.9 Å². The summed E-state index contributed by atoms with van der Waals surface area (Å²) in [5.41, 5.74) is 0.996. The minimum Gasteiger partial charge on any atom is -0.380 e. The summed E-state index contributed by atoms with van der Waals surface area (Å²) in [7, 11) is 1.71. The molecular formula is C14H16ClN3O2. The van der Waals surface area contributed by atoms with Crippen molar-refractivity contribution in [1.29, 1.82) is 0 Å². The van der Waals surface area contributed by atoms with Gasteiger partial charge in [-0.1, -0.05) is 35.0 Å². The molecule has 0 bridgehead atoms. The molecule has 1 N–H and O–H groups in total. The summed E-state index contributed by atoms with van der Waals surface area (Å²) in [6, 6.07) is 7.75. The number of benzene rings is 1. The van der Waals surface area contributed by atoms with Crippen LogP contribution in [0.4, 0.5) is 0 Å². The maximum absolute atomic E-state index is 6.13. The predicted octanol–water partition coefficient (Wildman–Crippen LogP) is 2.36. The van der Waals surface area contributed by atoms with Gasteiger partial charge in [-0.3, -0.25) is 0 Å². The lowest BCUT2D eigenvalue weighted by molar-refractivity contribution is 0.116. The maximum atomic E-state index is 6.13. The fourth-order valence-corrected chi connectivity index (χ4v) is 2.57. The predicted molar refractivity (Wildman–Crippen MR) is 74.7 cm³/mol. The highest BCUT2D eigenvalue weighted by molar-refractivity contribution is 6.31. The SMILES string of the molecule is COC1CNC(c2nc(Cc3ccccc3Cl)no2)C1. The fraction of sp³-hybridized carbons (Fsp3) is 0.429. The average Bonchev–Trinajstić information content (AvgIpc) is 3.10. The lowest BCUT2D eigenvalue weighted by Crippen LogP contribution is -2.16. The van der Waals surface area contributed by atoms with Crippen molar-refractivity contribution in [2.24, 2.45) is 0 Å². The molecule has 0 spiro atoms. The Bertz CT molecular complexity index is 587. The number of nitrogens with zero attached hydrogens (tertiary/aromatic N) is 2. The molecule has 0 saturated carbocycles. The van der Waals surface area contributed by atoms with Crippen molar-refractivity contribution < 1.29 is 9.26 Å². The van der Waals surface area contributed by atoms with Gasteiger partial charge in [-0.15, -0.1) is 0 Å². The van der Waals surface area contributed by atoms with Crippen LogP contribution in [-0.2, 0) is 11.2 Å². The Morgan fingerprint density at radius 2 is 2.30 bits per heavy atom. The van der Waals surface area contributed by atoms with E-state index in [1.54, 1.807) is 7.11 Å². The Morgan fingerprint density at radius 1 is 1.45 bits per heavy atom. The molecule has 0 aliphatic carbocycles. The van der Waals surface area contributed by atoms with Gasteiger partial charge in [0.15, 0.2) is 5.82 Å². The molecule has 1 fully saturated rings. The van der Waals surface area contributed by atoms with Crippen molar-refractivity contribution in [2.45, 2.75) is 25.0 Å². The fourth-order valence-electron chi connectivity index (χ4n) is 2.36. The van der Waals surface area contributed by atoms with E-state index in [1.165, 1.54) is 0 Å². The highest BCUT2D eigenvalue weighted by atomic mass is 35.5.